The van der Waals surface area contributed by atoms with Crippen LogP contribution in [0.3, 0.4) is 0 Å². The first-order valence-corrected chi connectivity index (χ1v) is 11.1. The third kappa shape index (κ3) is 6.47. The third-order valence-corrected chi connectivity index (χ3v) is 4.54. The molecule has 0 aliphatic carbocycles. The van der Waals surface area contributed by atoms with E-state index in [9.17, 15) is 9.59 Å². The highest BCUT2D eigenvalue weighted by atomic mass is 16.5. The van der Waals surface area contributed by atoms with Crippen LogP contribution in [-0.4, -0.2) is 41.8 Å². The molecule has 0 atom stereocenters. The van der Waals surface area contributed by atoms with E-state index in [0.717, 1.165) is 5.56 Å². The lowest BCUT2D eigenvalue weighted by atomic mass is 10.1. The molecule has 0 spiro atoms. The minimum absolute atomic E-state index is 0.0500. The summed E-state index contributed by atoms with van der Waals surface area (Å²) in [6, 6.07) is 12.4. The number of aryl methyl sites for hydroxylation is 1. The number of aromatic nitrogens is 2. The van der Waals surface area contributed by atoms with Gasteiger partial charge in [0.25, 0.3) is 5.91 Å². The van der Waals surface area contributed by atoms with E-state index in [2.05, 4.69) is 21.0 Å². The molecule has 10 heteroatoms. The molecular formula is C24H28N4O6. The zero-order valence-corrected chi connectivity index (χ0v) is 19.4. The quantitative estimate of drug-likeness (QED) is 0.411. The van der Waals surface area contributed by atoms with Gasteiger partial charge in [0.2, 0.25) is 23.4 Å². The van der Waals surface area contributed by atoms with E-state index in [1.807, 2.05) is 51.1 Å². The molecule has 0 bridgehead atoms. The fourth-order valence-corrected chi connectivity index (χ4v) is 3.05. The van der Waals surface area contributed by atoms with Crippen LogP contribution < -0.4 is 25.1 Å². The molecule has 0 radical (unpaired) electrons. The van der Waals surface area contributed by atoms with E-state index < -0.39 is 11.8 Å². The third-order valence-electron chi connectivity index (χ3n) is 4.54. The SMILES string of the molecule is CCOc1cc(C(=O)NNC(=O)CCc2nnc(-c3ccccc3)o2)cc(OCC)c1OCC. The van der Waals surface area contributed by atoms with E-state index in [0.29, 0.717) is 48.9 Å². The van der Waals surface area contributed by atoms with Crippen LogP contribution in [0.2, 0.25) is 0 Å². The second-order valence-corrected chi connectivity index (χ2v) is 6.97. The standard InChI is InChI=1S/C24H28N4O6/c1-4-31-18-14-17(15-19(32-5-2)22(18)33-6-3)23(30)27-25-20(29)12-13-21-26-28-24(34-21)16-10-8-7-9-11-16/h7-11,14-15H,4-6,12-13H2,1-3H3,(H,25,29)(H,27,30). The van der Waals surface area contributed by atoms with Crippen molar-refractivity contribution in [3.8, 4) is 28.7 Å². The van der Waals surface area contributed by atoms with Gasteiger partial charge in [0, 0.05) is 24.0 Å². The molecule has 34 heavy (non-hydrogen) atoms. The highest BCUT2D eigenvalue weighted by Gasteiger charge is 2.19. The lowest BCUT2D eigenvalue weighted by molar-refractivity contribution is -0.121. The predicted molar refractivity (Wildman–Crippen MR) is 124 cm³/mol. The van der Waals surface area contributed by atoms with Crippen molar-refractivity contribution in [1.29, 1.82) is 0 Å². The first kappa shape index (κ1) is 24.6. The van der Waals surface area contributed by atoms with Crippen LogP contribution in [-0.2, 0) is 11.2 Å². The lowest BCUT2D eigenvalue weighted by Gasteiger charge is -2.17. The molecule has 2 aromatic carbocycles. The largest absolute Gasteiger partial charge is 0.490 e. The van der Waals surface area contributed by atoms with Gasteiger partial charge in [0.05, 0.1) is 19.8 Å². The number of carbonyl (C=O) groups is 2. The van der Waals surface area contributed by atoms with Gasteiger partial charge in [-0.1, -0.05) is 18.2 Å². The van der Waals surface area contributed by atoms with Crippen molar-refractivity contribution in [1.82, 2.24) is 21.0 Å². The molecule has 0 aliphatic heterocycles. The number of rotatable bonds is 11. The Morgan fingerprint density at radius 2 is 1.53 bits per heavy atom. The van der Waals surface area contributed by atoms with E-state index in [4.69, 9.17) is 18.6 Å². The summed E-state index contributed by atoms with van der Waals surface area (Å²) in [5, 5.41) is 7.95. The molecule has 10 nitrogen and oxygen atoms in total. The van der Waals surface area contributed by atoms with Gasteiger partial charge < -0.3 is 18.6 Å². The van der Waals surface area contributed by atoms with Crippen LogP contribution >= 0.6 is 0 Å². The molecule has 2 amide bonds. The second-order valence-electron chi connectivity index (χ2n) is 6.97. The number of hydrogen-bond acceptors (Lipinski definition) is 8. The topological polar surface area (TPSA) is 125 Å². The van der Waals surface area contributed by atoms with E-state index in [1.165, 1.54) is 0 Å². The molecule has 3 aromatic rings. The summed E-state index contributed by atoms with van der Waals surface area (Å²) >= 11 is 0. The van der Waals surface area contributed by atoms with Crippen molar-refractivity contribution in [3.63, 3.8) is 0 Å². The second kappa shape index (κ2) is 12.2. The number of amides is 2. The number of nitrogens with one attached hydrogen (secondary N) is 2. The first-order chi connectivity index (χ1) is 16.5. The Hall–Kier alpha value is -4.08. The number of ether oxygens (including phenoxy) is 3. The number of hydrazine groups is 1. The van der Waals surface area contributed by atoms with Crippen molar-refractivity contribution in [2.75, 3.05) is 19.8 Å². The maximum Gasteiger partial charge on any atom is 0.269 e. The molecule has 1 aromatic heterocycles. The molecule has 0 saturated heterocycles. The minimum atomic E-state index is -0.526. The van der Waals surface area contributed by atoms with Crippen molar-refractivity contribution < 1.29 is 28.2 Å². The van der Waals surface area contributed by atoms with Gasteiger partial charge in [-0.05, 0) is 45.0 Å². The Morgan fingerprint density at radius 1 is 0.882 bits per heavy atom. The average Bonchev–Trinajstić information content (AvgIpc) is 3.33. The molecule has 2 N–H and O–H groups in total. The number of benzene rings is 2. The minimum Gasteiger partial charge on any atom is -0.490 e. The summed E-state index contributed by atoms with van der Waals surface area (Å²) in [6.07, 6.45) is 0.280. The Bertz CT molecular complexity index is 1070. The van der Waals surface area contributed by atoms with Crippen LogP contribution in [0.1, 0.15) is 43.4 Å². The Morgan fingerprint density at radius 3 is 2.15 bits per heavy atom. The maximum atomic E-state index is 12.6. The smallest absolute Gasteiger partial charge is 0.269 e. The van der Waals surface area contributed by atoms with Crippen LogP contribution in [0.15, 0.2) is 46.9 Å². The van der Waals surface area contributed by atoms with E-state index >= 15 is 0 Å². The molecule has 0 fully saturated rings. The van der Waals surface area contributed by atoms with Crippen molar-refractivity contribution in [2.24, 2.45) is 0 Å². The van der Waals surface area contributed by atoms with Gasteiger partial charge in [-0.25, -0.2) is 0 Å². The van der Waals surface area contributed by atoms with Gasteiger partial charge >= 0.3 is 0 Å². The fourth-order valence-electron chi connectivity index (χ4n) is 3.05. The lowest BCUT2D eigenvalue weighted by Crippen LogP contribution is -2.41. The molecular weight excluding hydrogens is 440 g/mol. The summed E-state index contributed by atoms with van der Waals surface area (Å²) < 4.78 is 22.5. The van der Waals surface area contributed by atoms with Crippen molar-refractivity contribution >= 4 is 11.8 Å². The van der Waals surface area contributed by atoms with Crippen LogP contribution in [0.4, 0.5) is 0 Å². The molecule has 0 aliphatic rings. The van der Waals surface area contributed by atoms with E-state index in [-0.39, 0.29) is 18.4 Å². The maximum absolute atomic E-state index is 12.6. The van der Waals surface area contributed by atoms with Gasteiger partial charge in [0.1, 0.15) is 0 Å². The first-order valence-electron chi connectivity index (χ1n) is 11.1. The van der Waals surface area contributed by atoms with E-state index in [1.54, 1.807) is 12.1 Å². The summed E-state index contributed by atoms with van der Waals surface area (Å²) in [4.78, 5) is 24.9. The average molecular weight is 469 g/mol. The summed E-state index contributed by atoms with van der Waals surface area (Å²) in [6.45, 7) is 6.68. The molecule has 1 heterocycles. The summed E-state index contributed by atoms with van der Waals surface area (Å²) in [5.41, 5.74) is 5.84. The Balaban J connectivity index is 1.58. The highest BCUT2D eigenvalue weighted by molar-refractivity contribution is 5.96. The number of nitrogens with zero attached hydrogens (tertiary/aromatic N) is 2. The van der Waals surface area contributed by atoms with Gasteiger partial charge in [-0.2, -0.15) is 0 Å². The van der Waals surface area contributed by atoms with Gasteiger partial charge in [0.15, 0.2) is 11.5 Å². The Labute approximate surface area is 197 Å². The van der Waals surface area contributed by atoms with Crippen LogP contribution in [0.5, 0.6) is 17.2 Å². The monoisotopic (exact) mass is 468 g/mol. The molecule has 0 unspecified atom stereocenters. The van der Waals surface area contributed by atoms with Crippen molar-refractivity contribution in [2.45, 2.75) is 33.6 Å². The normalized spacial score (nSPS) is 10.4. The molecule has 180 valence electrons. The molecule has 3 rings (SSSR count). The zero-order chi connectivity index (χ0) is 24.3. The predicted octanol–water partition coefficient (Wildman–Crippen LogP) is 3.33. The van der Waals surface area contributed by atoms with Gasteiger partial charge in [-0.15, -0.1) is 10.2 Å². The molecule has 0 saturated carbocycles. The van der Waals surface area contributed by atoms with Gasteiger partial charge in [-0.3, -0.25) is 20.4 Å². The summed E-state index contributed by atoms with van der Waals surface area (Å²) in [5.74, 6) is 0.983. The number of carbonyl (C=O) groups excluding carboxylic acids is 2. The zero-order valence-electron chi connectivity index (χ0n) is 19.4. The van der Waals surface area contributed by atoms with Crippen LogP contribution in [0.25, 0.3) is 11.5 Å². The number of hydrogen-bond donors (Lipinski definition) is 2. The Kier molecular flexibility index (Phi) is 8.84. The van der Waals surface area contributed by atoms with Crippen LogP contribution in [0, 0.1) is 0 Å². The summed E-state index contributed by atoms with van der Waals surface area (Å²) in [7, 11) is 0. The highest BCUT2D eigenvalue weighted by Crippen LogP contribution is 2.39. The van der Waals surface area contributed by atoms with Crippen molar-refractivity contribution in [3.05, 3.63) is 53.9 Å². The fraction of sp³-hybridized carbons (Fsp3) is 0.333.